The predicted molar refractivity (Wildman–Crippen MR) is 88.2 cm³/mol. The lowest BCUT2D eigenvalue weighted by molar-refractivity contribution is -0.139. The SMILES string of the molecule is N#CC(=Cc1ccccc1OCC(=O)O)C(=O)Nc1ccccc1. The van der Waals surface area contributed by atoms with Crippen molar-refractivity contribution in [3.8, 4) is 11.8 Å². The second-order valence-corrected chi connectivity index (χ2v) is 4.71. The predicted octanol–water partition coefficient (Wildman–Crippen LogP) is 2.70. The van der Waals surface area contributed by atoms with Gasteiger partial charge in [-0.15, -0.1) is 0 Å². The number of amides is 1. The lowest BCUT2D eigenvalue weighted by atomic mass is 10.1. The molecule has 0 spiro atoms. The van der Waals surface area contributed by atoms with Gasteiger partial charge in [-0.05, 0) is 24.3 Å². The number of para-hydroxylation sites is 2. The Kier molecular flexibility index (Phi) is 5.70. The molecular formula is C18H14N2O4. The van der Waals surface area contributed by atoms with Crippen LogP contribution in [0.3, 0.4) is 0 Å². The maximum Gasteiger partial charge on any atom is 0.341 e. The summed E-state index contributed by atoms with van der Waals surface area (Å²) < 4.78 is 5.16. The van der Waals surface area contributed by atoms with Crippen LogP contribution in [-0.4, -0.2) is 23.6 Å². The first-order chi connectivity index (χ1) is 11.6. The zero-order valence-electron chi connectivity index (χ0n) is 12.6. The molecule has 2 aromatic carbocycles. The maximum atomic E-state index is 12.2. The highest BCUT2D eigenvalue weighted by Gasteiger charge is 2.11. The summed E-state index contributed by atoms with van der Waals surface area (Å²) in [5, 5.41) is 20.5. The van der Waals surface area contributed by atoms with Crippen molar-refractivity contribution in [1.82, 2.24) is 0 Å². The first-order valence-corrected chi connectivity index (χ1v) is 7.02. The van der Waals surface area contributed by atoms with E-state index in [4.69, 9.17) is 9.84 Å². The number of anilines is 1. The molecule has 120 valence electrons. The number of benzene rings is 2. The molecule has 2 N–H and O–H groups in total. The zero-order valence-corrected chi connectivity index (χ0v) is 12.6. The molecule has 1 amide bonds. The normalized spacial score (nSPS) is 10.5. The van der Waals surface area contributed by atoms with E-state index < -0.39 is 18.5 Å². The summed E-state index contributed by atoms with van der Waals surface area (Å²) in [6, 6.07) is 17.2. The van der Waals surface area contributed by atoms with E-state index in [1.54, 1.807) is 48.5 Å². The van der Waals surface area contributed by atoms with Gasteiger partial charge < -0.3 is 15.2 Å². The number of hydrogen-bond donors (Lipinski definition) is 2. The molecule has 0 aromatic heterocycles. The quantitative estimate of drug-likeness (QED) is 0.629. The Morgan fingerprint density at radius 3 is 2.46 bits per heavy atom. The summed E-state index contributed by atoms with van der Waals surface area (Å²) in [6.45, 7) is -0.511. The van der Waals surface area contributed by atoms with Crippen LogP contribution >= 0.6 is 0 Å². The van der Waals surface area contributed by atoms with Gasteiger partial charge in [0.2, 0.25) is 0 Å². The minimum absolute atomic E-state index is 0.120. The molecular weight excluding hydrogens is 308 g/mol. The summed E-state index contributed by atoms with van der Waals surface area (Å²) in [7, 11) is 0. The number of aliphatic carboxylic acids is 1. The fourth-order valence-corrected chi connectivity index (χ4v) is 1.89. The van der Waals surface area contributed by atoms with Crippen LogP contribution in [-0.2, 0) is 9.59 Å². The molecule has 0 bridgehead atoms. The topological polar surface area (TPSA) is 99.4 Å². The largest absolute Gasteiger partial charge is 0.481 e. The van der Waals surface area contributed by atoms with Crippen LogP contribution in [0.2, 0.25) is 0 Å². The minimum atomic E-state index is -1.11. The molecule has 0 aliphatic carbocycles. The summed E-state index contributed by atoms with van der Waals surface area (Å²) in [6.07, 6.45) is 1.36. The number of carboxylic acids is 1. The van der Waals surface area contributed by atoms with Crippen LogP contribution in [0, 0.1) is 11.3 Å². The Morgan fingerprint density at radius 2 is 1.79 bits per heavy atom. The van der Waals surface area contributed by atoms with E-state index in [1.165, 1.54) is 6.08 Å². The average molecular weight is 322 g/mol. The highest BCUT2D eigenvalue weighted by atomic mass is 16.5. The van der Waals surface area contributed by atoms with Crippen molar-refractivity contribution in [3.63, 3.8) is 0 Å². The first kappa shape index (κ1) is 16.8. The molecule has 2 rings (SSSR count). The van der Waals surface area contributed by atoms with Crippen LogP contribution in [0.5, 0.6) is 5.75 Å². The Balaban J connectivity index is 2.22. The number of hydrogen-bond acceptors (Lipinski definition) is 4. The summed E-state index contributed by atoms with van der Waals surface area (Å²) >= 11 is 0. The van der Waals surface area contributed by atoms with Crippen molar-refractivity contribution in [2.24, 2.45) is 0 Å². The third-order valence-electron chi connectivity index (χ3n) is 2.97. The van der Waals surface area contributed by atoms with E-state index in [-0.39, 0.29) is 11.3 Å². The molecule has 0 unspecified atom stereocenters. The lowest BCUT2D eigenvalue weighted by Gasteiger charge is -2.08. The van der Waals surface area contributed by atoms with Gasteiger partial charge in [0.15, 0.2) is 6.61 Å². The third-order valence-corrected chi connectivity index (χ3v) is 2.97. The molecule has 6 nitrogen and oxygen atoms in total. The molecule has 0 atom stereocenters. The fraction of sp³-hybridized carbons (Fsp3) is 0.0556. The van der Waals surface area contributed by atoms with Gasteiger partial charge in [0.05, 0.1) is 0 Å². The Hall–Kier alpha value is -3.59. The molecule has 0 saturated carbocycles. The molecule has 6 heteroatoms. The number of carboxylic acid groups (broad SMARTS) is 1. The number of ether oxygens (including phenoxy) is 1. The van der Waals surface area contributed by atoms with Gasteiger partial charge in [0, 0.05) is 11.3 Å². The monoisotopic (exact) mass is 322 g/mol. The van der Waals surface area contributed by atoms with Gasteiger partial charge in [0.25, 0.3) is 5.91 Å². The van der Waals surface area contributed by atoms with E-state index in [2.05, 4.69) is 5.32 Å². The van der Waals surface area contributed by atoms with Gasteiger partial charge in [0.1, 0.15) is 17.4 Å². The van der Waals surface area contributed by atoms with Gasteiger partial charge in [-0.3, -0.25) is 4.79 Å². The number of rotatable bonds is 6. The third kappa shape index (κ3) is 4.71. The molecule has 2 aromatic rings. The van der Waals surface area contributed by atoms with E-state index in [0.717, 1.165) is 0 Å². The standard InChI is InChI=1S/C18H14N2O4/c19-11-14(18(23)20-15-7-2-1-3-8-15)10-13-6-4-5-9-16(13)24-12-17(21)22/h1-10H,12H2,(H,20,23)(H,21,22). The lowest BCUT2D eigenvalue weighted by Crippen LogP contribution is -2.13. The van der Waals surface area contributed by atoms with Gasteiger partial charge in [-0.1, -0.05) is 36.4 Å². The maximum absolute atomic E-state index is 12.2. The van der Waals surface area contributed by atoms with Crippen molar-refractivity contribution in [2.45, 2.75) is 0 Å². The number of carbonyl (C=O) groups is 2. The highest BCUT2D eigenvalue weighted by Crippen LogP contribution is 2.21. The molecule has 0 aliphatic heterocycles. The van der Waals surface area contributed by atoms with E-state index >= 15 is 0 Å². The van der Waals surface area contributed by atoms with Crippen LogP contribution < -0.4 is 10.1 Å². The van der Waals surface area contributed by atoms with E-state index in [1.807, 2.05) is 12.1 Å². The van der Waals surface area contributed by atoms with Crippen LogP contribution in [0.4, 0.5) is 5.69 Å². The summed E-state index contributed by atoms with van der Waals surface area (Å²) in [4.78, 5) is 22.8. The number of nitrogens with zero attached hydrogens (tertiary/aromatic N) is 1. The zero-order chi connectivity index (χ0) is 17.4. The number of carbonyl (C=O) groups excluding carboxylic acids is 1. The molecule has 0 aliphatic rings. The highest BCUT2D eigenvalue weighted by molar-refractivity contribution is 6.09. The fourth-order valence-electron chi connectivity index (χ4n) is 1.89. The Morgan fingerprint density at radius 1 is 1.12 bits per heavy atom. The minimum Gasteiger partial charge on any atom is -0.481 e. The second-order valence-electron chi connectivity index (χ2n) is 4.71. The van der Waals surface area contributed by atoms with Crippen LogP contribution in [0.15, 0.2) is 60.2 Å². The molecule has 0 heterocycles. The van der Waals surface area contributed by atoms with Crippen molar-refractivity contribution in [1.29, 1.82) is 5.26 Å². The van der Waals surface area contributed by atoms with Crippen molar-refractivity contribution in [2.75, 3.05) is 11.9 Å². The molecule has 0 radical (unpaired) electrons. The molecule has 0 fully saturated rings. The van der Waals surface area contributed by atoms with Crippen LogP contribution in [0.25, 0.3) is 6.08 Å². The second kappa shape index (κ2) is 8.15. The Bertz CT molecular complexity index is 807. The van der Waals surface area contributed by atoms with E-state index in [9.17, 15) is 14.9 Å². The average Bonchev–Trinajstić information content (AvgIpc) is 2.59. The molecule has 24 heavy (non-hydrogen) atoms. The van der Waals surface area contributed by atoms with Crippen molar-refractivity contribution < 1.29 is 19.4 Å². The van der Waals surface area contributed by atoms with Gasteiger partial charge in [-0.25, -0.2) is 4.79 Å². The number of nitrogens with one attached hydrogen (secondary N) is 1. The smallest absolute Gasteiger partial charge is 0.341 e. The summed E-state index contributed by atoms with van der Waals surface area (Å²) in [5.74, 6) is -1.40. The first-order valence-electron chi connectivity index (χ1n) is 7.02. The van der Waals surface area contributed by atoms with Gasteiger partial charge in [-0.2, -0.15) is 5.26 Å². The molecule has 0 saturated heterocycles. The van der Waals surface area contributed by atoms with Gasteiger partial charge >= 0.3 is 5.97 Å². The Labute approximate surface area is 138 Å². The summed E-state index contributed by atoms with van der Waals surface area (Å²) in [5.41, 5.74) is 0.891. The van der Waals surface area contributed by atoms with Crippen molar-refractivity contribution >= 4 is 23.6 Å². The number of nitriles is 1. The van der Waals surface area contributed by atoms with Crippen molar-refractivity contribution in [3.05, 3.63) is 65.7 Å². The van der Waals surface area contributed by atoms with E-state index in [0.29, 0.717) is 11.3 Å². The van der Waals surface area contributed by atoms with Crippen LogP contribution in [0.1, 0.15) is 5.56 Å².